The predicted octanol–water partition coefficient (Wildman–Crippen LogP) is 3.69. The Morgan fingerprint density at radius 3 is 2.33 bits per heavy atom. The standard InChI is InChI=1S/C18H27N5OS2.C2HF3O2/c1-17(2)9-12(10-18(3,4)22-17)19-14(24)11-26-16-21-20-15(23(16)5)13-7-6-8-25-13;3-2(4,5)1(6)7/h6-8,12,22H,9-11H2,1-5H3,(H,19,24);(H,6,7). The second-order valence-electron chi connectivity index (χ2n) is 9.00. The number of hydrogen-bond acceptors (Lipinski definition) is 7. The van der Waals surface area contributed by atoms with E-state index in [1.54, 1.807) is 11.3 Å². The molecule has 1 saturated heterocycles. The number of rotatable bonds is 5. The first kappa shape index (κ1) is 27.1. The Labute approximate surface area is 198 Å². The molecule has 1 aliphatic heterocycles. The van der Waals surface area contributed by atoms with E-state index < -0.39 is 12.1 Å². The summed E-state index contributed by atoms with van der Waals surface area (Å²) in [7, 11) is 1.94. The molecule has 184 valence electrons. The molecule has 0 saturated carbocycles. The van der Waals surface area contributed by atoms with Crippen LogP contribution in [0.5, 0.6) is 0 Å². The van der Waals surface area contributed by atoms with E-state index in [4.69, 9.17) is 9.90 Å². The molecular formula is C20H28F3N5O3S2. The molecule has 0 aliphatic carbocycles. The van der Waals surface area contributed by atoms with Crippen LogP contribution in [-0.4, -0.2) is 60.8 Å². The molecule has 33 heavy (non-hydrogen) atoms. The summed E-state index contributed by atoms with van der Waals surface area (Å²) >= 11 is 3.06. The van der Waals surface area contributed by atoms with Crippen LogP contribution in [0.25, 0.3) is 10.7 Å². The molecule has 2 aromatic rings. The maximum absolute atomic E-state index is 12.4. The summed E-state index contributed by atoms with van der Waals surface area (Å²) in [6.07, 6.45) is -3.22. The highest BCUT2D eigenvalue weighted by Crippen LogP contribution is 2.29. The van der Waals surface area contributed by atoms with Crippen molar-refractivity contribution in [2.75, 3.05) is 5.75 Å². The minimum absolute atomic E-state index is 0.0199. The van der Waals surface area contributed by atoms with Crippen molar-refractivity contribution in [3.63, 3.8) is 0 Å². The van der Waals surface area contributed by atoms with Gasteiger partial charge in [0.2, 0.25) is 5.91 Å². The molecule has 1 amide bonds. The van der Waals surface area contributed by atoms with E-state index in [-0.39, 0.29) is 23.0 Å². The van der Waals surface area contributed by atoms with Crippen LogP contribution in [-0.2, 0) is 16.6 Å². The van der Waals surface area contributed by atoms with Crippen molar-refractivity contribution >= 4 is 35.0 Å². The van der Waals surface area contributed by atoms with Gasteiger partial charge in [-0.05, 0) is 52.0 Å². The Hall–Kier alpha value is -2.12. The summed E-state index contributed by atoms with van der Waals surface area (Å²) in [6.45, 7) is 8.75. The van der Waals surface area contributed by atoms with E-state index in [1.165, 1.54) is 11.8 Å². The maximum atomic E-state index is 12.4. The summed E-state index contributed by atoms with van der Waals surface area (Å²) in [6, 6.07) is 4.21. The number of carboxylic acids is 1. The lowest BCUT2D eigenvalue weighted by Gasteiger charge is -2.46. The van der Waals surface area contributed by atoms with Crippen molar-refractivity contribution < 1.29 is 27.9 Å². The highest BCUT2D eigenvalue weighted by atomic mass is 32.2. The summed E-state index contributed by atoms with van der Waals surface area (Å²) in [4.78, 5) is 22.4. The number of aromatic nitrogens is 3. The average molecular weight is 508 g/mol. The lowest BCUT2D eigenvalue weighted by atomic mass is 9.79. The molecule has 3 N–H and O–H groups in total. The van der Waals surface area contributed by atoms with Gasteiger partial charge in [-0.15, -0.1) is 21.5 Å². The number of carbonyl (C=O) groups is 2. The number of carbonyl (C=O) groups excluding carboxylic acids is 1. The Kier molecular flexibility index (Phi) is 8.57. The van der Waals surface area contributed by atoms with E-state index in [2.05, 4.69) is 48.5 Å². The van der Waals surface area contributed by atoms with Crippen molar-refractivity contribution in [3.8, 4) is 10.7 Å². The number of carboxylic acid groups (broad SMARTS) is 1. The lowest BCUT2D eigenvalue weighted by Crippen LogP contribution is -2.62. The molecule has 1 fully saturated rings. The van der Waals surface area contributed by atoms with E-state index in [9.17, 15) is 18.0 Å². The van der Waals surface area contributed by atoms with Crippen LogP contribution in [0.3, 0.4) is 0 Å². The first-order chi connectivity index (χ1) is 15.1. The molecule has 3 heterocycles. The Morgan fingerprint density at radius 2 is 1.85 bits per heavy atom. The second-order valence-corrected chi connectivity index (χ2v) is 10.9. The molecule has 8 nitrogen and oxygen atoms in total. The zero-order chi connectivity index (χ0) is 25.0. The van der Waals surface area contributed by atoms with Crippen molar-refractivity contribution in [1.29, 1.82) is 0 Å². The zero-order valence-corrected chi connectivity index (χ0v) is 20.6. The highest BCUT2D eigenvalue weighted by molar-refractivity contribution is 7.99. The Bertz CT molecular complexity index is 943. The summed E-state index contributed by atoms with van der Waals surface area (Å²) in [5, 5.41) is 25.2. The third-order valence-corrected chi connectivity index (χ3v) is 6.59. The third-order valence-electron chi connectivity index (χ3n) is 4.71. The molecule has 3 rings (SSSR count). The number of halogens is 3. The van der Waals surface area contributed by atoms with Gasteiger partial charge in [-0.3, -0.25) is 4.79 Å². The number of hydrogen-bond donors (Lipinski definition) is 3. The summed E-state index contributed by atoms with van der Waals surface area (Å²) in [5.41, 5.74) is 0.0398. The second kappa shape index (κ2) is 10.4. The molecule has 0 radical (unpaired) electrons. The fourth-order valence-corrected chi connectivity index (χ4v) is 5.35. The van der Waals surface area contributed by atoms with E-state index >= 15 is 0 Å². The van der Waals surface area contributed by atoms with Gasteiger partial charge in [0.25, 0.3) is 0 Å². The Balaban J connectivity index is 0.000000479. The molecule has 0 bridgehead atoms. The third kappa shape index (κ3) is 8.31. The maximum Gasteiger partial charge on any atom is 0.490 e. The summed E-state index contributed by atoms with van der Waals surface area (Å²) < 4.78 is 33.7. The topological polar surface area (TPSA) is 109 Å². The van der Waals surface area contributed by atoms with Crippen molar-refractivity contribution in [2.45, 2.75) is 69.0 Å². The van der Waals surface area contributed by atoms with Gasteiger partial charge in [0.15, 0.2) is 11.0 Å². The molecule has 13 heteroatoms. The zero-order valence-electron chi connectivity index (χ0n) is 19.0. The molecule has 0 unspecified atom stereocenters. The molecule has 2 aromatic heterocycles. The number of amides is 1. The van der Waals surface area contributed by atoms with E-state index in [0.29, 0.717) is 5.75 Å². The lowest BCUT2D eigenvalue weighted by molar-refractivity contribution is -0.192. The smallest absolute Gasteiger partial charge is 0.475 e. The SMILES string of the molecule is Cn1c(SCC(=O)NC2CC(C)(C)NC(C)(C)C2)nnc1-c1cccs1.O=C(O)C(F)(F)F. The number of piperidine rings is 1. The molecular weight excluding hydrogens is 479 g/mol. The predicted molar refractivity (Wildman–Crippen MR) is 121 cm³/mol. The van der Waals surface area contributed by atoms with Gasteiger partial charge in [-0.1, -0.05) is 17.8 Å². The fourth-order valence-electron chi connectivity index (χ4n) is 3.88. The van der Waals surface area contributed by atoms with E-state index in [0.717, 1.165) is 28.7 Å². The van der Waals surface area contributed by atoms with Gasteiger partial charge in [0.1, 0.15) is 0 Å². The van der Waals surface area contributed by atoms with Crippen LogP contribution in [0.1, 0.15) is 40.5 Å². The van der Waals surface area contributed by atoms with Crippen LogP contribution < -0.4 is 10.6 Å². The first-order valence-electron chi connectivity index (χ1n) is 10.0. The number of nitrogens with one attached hydrogen (secondary N) is 2. The van der Waals surface area contributed by atoms with Gasteiger partial charge >= 0.3 is 12.1 Å². The van der Waals surface area contributed by atoms with Crippen LogP contribution in [0.2, 0.25) is 0 Å². The summed E-state index contributed by atoms with van der Waals surface area (Å²) in [5.74, 6) is -1.52. The number of alkyl halides is 3. The monoisotopic (exact) mass is 507 g/mol. The van der Waals surface area contributed by atoms with Gasteiger partial charge in [0, 0.05) is 24.2 Å². The van der Waals surface area contributed by atoms with Crippen molar-refractivity contribution in [1.82, 2.24) is 25.4 Å². The Morgan fingerprint density at radius 1 is 1.27 bits per heavy atom. The molecule has 1 aliphatic rings. The number of thiophene rings is 1. The van der Waals surface area contributed by atoms with Gasteiger partial charge in [-0.25, -0.2) is 4.79 Å². The van der Waals surface area contributed by atoms with Crippen molar-refractivity contribution in [3.05, 3.63) is 17.5 Å². The average Bonchev–Trinajstić information content (AvgIpc) is 3.26. The van der Waals surface area contributed by atoms with Crippen LogP contribution in [0.15, 0.2) is 22.7 Å². The fraction of sp³-hybridized carbons (Fsp3) is 0.600. The largest absolute Gasteiger partial charge is 0.490 e. The molecule has 0 atom stereocenters. The van der Waals surface area contributed by atoms with Gasteiger partial charge < -0.3 is 20.3 Å². The minimum atomic E-state index is -5.08. The van der Waals surface area contributed by atoms with Crippen LogP contribution in [0, 0.1) is 0 Å². The minimum Gasteiger partial charge on any atom is -0.475 e. The molecule has 0 spiro atoms. The number of aliphatic carboxylic acids is 1. The number of thioether (sulfide) groups is 1. The normalized spacial score (nSPS) is 17.7. The van der Waals surface area contributed by atoms with E-state index in [1.807, 2.05) is 29.1 Å². The van der Waals surface area contributed by atoms with Gasteiger partial charge in [0.05, 0.1) is 10.6 Å². The van der Waals surface area contributed by atoms with Crippen molar-refractivity contribution in [2.24, 2.45) is 7.05 Å². The highest BCUT2D eigenvalue weighted by Gasteiger charge is 2.39. The number of nitrogens with zero attached hydrogens (tertiary/aromatic N) is 3. The van der Waals surface area contributed by atoms with Gasteiger partial charge in [-0.2, -0.15) is 13.2 Å². The van der Waals surface area contributed by atoms with Crippen LogP contribution in [0.4, 0.5) is 13.2 Å². The first-order valence-corrected chi connectivity index (χ1v) is 11.9. The quantitative estimate of drug-likeness (QED) is 0.530. The van der Waals surface area contributed by atoms with Crippen LogP contribution >= 0.6 is 23.1 Å². The molecule has 0 aromatic carbocycles.